The van der Waals surface area contributed by atoms with Gasteiger partial charge in [-0.05, 0) is 25.8 Å². The van der Waals surface area contributed by atoms with Gasteiger partial charge in [-0.25, -0.2) is 0 Å². The summed E-state index contributed by atoms with van der Waals surface area (Å²) in [4.78, 5) is 19.7. The summed E-state index contributed by atoms with van der Waals surface area (Å²) in [5, 5.41) is 3.80. The van der Waals surface area contributed by atoms with Crippen LogP contribution >= 0.6 is 23.2 Å². The summed E-state index contributed by atoms with van der Waals surface area (Å²) in [5.41, 5.74) is 10.3. The summed E-state index contributed by atoms with van der Waals surface area (Å²) in [5.74, 6) is -0.126. The number of anilines is 1. The Hall–Kier alpha value is -1.86. The number of aromatic nitrogens is 1. The van der Waals surface area contributed by atoms with E-state index in [-0.39, 0.29) is 23.5 Å². The Balaban J connectivity index is 1.49. The zero-order valence-electron chi connectivity index (χ0n) is 16.8. The SMILES string of the molecule is C[C@@H]1OCC2(CCN(c3cnc(-c4cccc(Cl)c4Cl)c4c3CNC4=O)CC2)[C@@H]1N. The molecule has 3 aliphatic heterocycles. The molecule has 1 aromatic heterocycles. The molecule has 30 heavy (non-hydrogen) atoms. The zero-order valence-corrected chi connectivity index (χ0v) is 18.3. The van der Waals surface area contributed by atoms with Gasteiger partial charge in [0.1, 0.15) is 0 Å². The molecule has 0 bridgehead atoms. The summed E-state index contributed by atoms with van der Waals surface area (Å²) in [6.45, 7) is 5.00. The third kappa shape index (κ3) is 3.01. The van der Waals surface area contributed by atoms with Crippen LogP contribution in [0.1, 0.15) is 35.7 Å². The van der Waals surface area contributed by atoms with Crippen LogP contribution in [0.4, 0.5) is 5.69 Å². The average molecular weight is 447 g/mol. The van der Waals surface area contributed by atoms with Crippen LogP contribution in [-0.4, -0.2) is 42.7 Å². The van der Waals surface area contributed by atoms with Gasteiger partial charge in [0.25, 0.3) is 5.91 Å². The van der Waals surface area contributed by atoms with E-state index in [4.69, 9.17) is 33.7 Å². The fourth-order valence-corrected chi connectivity index (χ4v) is 5.44. The molecule has 0 radical (unpaired) electrons. The average Bonchev–Trinajstić information content (AvgIpc) is 3.27. The number of pyridine rings is 1. The minimum atomic E-state index is -0.126. The van der Waals surface area contributed by atoms with Gasteiger partial charge in [-0.2, -0.15) is 0 Å². The lowest BCUT2D eigenvalue weighted by Crippen LogP contribution is -2.50. The molecule has 3 N–H and O–H groups in total. The van der Waals surface area contributed by atoms with Gasteiger partial charge in [-0.15, -0.1) is 0 Å². The van der Waals surface area contributed by atoms with E-state index >= 15 is 0 Å². The number of hydrogen-bond donors (Lipinski definition) is 2. The van der Waals surface area contributed by atoms with E-state index in [1.807, 2.05) is 18.3 Å². The smallest absolute Gasteiger partial charge is 0.254 e. The molecule has 0 aliphatic carbocycles. The first kappa shape index (κ1) is 20.1. The van der Waals surface area contributed by atoms with Crippen molar-refractivity contribution in [2.45, 2.75) is 38.5 Å². The zero-order chi connectivity index (χ0) is 21.0. The number of rotatable bonds is 2. The van der Waals surface area contributed by atoms with Crippen molar-refractivity contribution in [2.75, 3.05) is 24.6 Å². The maximum atomic E-state index is 12.7. The number of ether oxygens (including phenoxy) is 1. The van der Waals surface area contributed by atoms with E-state index in [9.17, 15) is 4.79 Å². The lowest BCUT2D eigenvalue weighted by molar-refractivity contribution is 0.0965. The molecule has 0 saturated carbocycles. The summed E-state index contributed by atoms with van der Waals surface area (Å²) in [7, 11) is 0. The van der Waals surface area contributed by atoms with Crippen molar-refractivity contribution in [3.05, 3.63) is 45.6 Å². The lowest BCUT2D eigenvalue weighted by Gasteiger charge is -2.42. The van der Waals surface area contributed by atoms with Crippen LogP contribution in [0.3, 0.4) is 0 Å². The molecule has 1 spiro atoms. The second-order valence-corrected chi connectivity index (χ2v) is 9.31. The Bertz CT molecular complexity index is 1020. The number of carbonyl (C=O) groups excluding carboxylic acids is 1. The summed E-state index contributed by atoms with van der Waals surface area (Å²) >= 11 is 12.6. The van der Waals surface area contributed by atoms with Gasteiger partial charge in [0, 0.05) is 42.2 Å². The topological polar surface area (TPSA) is 80.5 Å². The van der Waals surface area contributed by atoms with E-state index < -0.39 is 0 Å². The normalized spacial score (nSPS) is 24.9. The Morgan fingerprint density at radius 3 is 2.77 bits per heavy atom. The molecular weight excluding hydrogens is 423 g/mol. The summed E-state index contributed by atoms with van der Waals surface area (Å²) in [6.07, 6.45) is 3.90. The maximum absolute atomic E-state index is 12.7. The third-order valence-electron chi connectivity index (χ3n) is 6.97. The molecule has 1 aromatic carbocycles. The van der Waals surface area contributed by atoms with Crippen molar-refractivity contribution in [1.82, 2.24) is 10.3 Å². The number of carbonyl (C=O) groups is 1. The minimum absolute atomic E-state index is 0.0504. The van der Waals surface area contributed by atoms with Crippen molar-refractivity contribution >= 4 is 34.8 Å². The lowest BCUT2D eigenvalue weighted by atomic mass is 9.73. The molecule has 2 fully saturated rings. The van der Waals surface area contributed by atoms with Gasteiger partial charge in [0.15, 0.2) is 0 Å². The van der Waals surface area contributed by atoms with E-state index in [1.54, 1.807) is 6.07 Å². The highest BCUT2D eigenvalue weighted by Gasteiger charge is 2.47. The van der Waals surface area contributed by atoms with Crippen LogP contribution in [-0.2, 0) is 11.3 Å². The predicted octanol–water partition coefficient (Wildman–Crippen LogP) is 3.63. The molecule has 3 aliphatic rings. The van der Waals surface area contributed by atoms with Crippen molar-refractivity contribution in [3.63, 3.8) is 0 Å². The fraction of sp³-hybridized carbons (Fsp3) is 0.455. The first-order valence-corrected chi connectivity index (χ1v) is 11.0. The molecule has 2 aromatic rings. The van der Waals surface area contributed by atoms with Crippen LogP contribution in [0.15, 0.2) is 24.4 Å². The van der Waals surface area contributed by atoms with E-state index in [0.717, 1.165) is 43.8 Å². The van der Waals surface area contributed by atoms with Gasteiger partial charge in [0.2, 0.25) is 0 Å². The van der Waals surface area contributed by atoms with Crippen LogP contribution < -0.4 is 16.0 Å². The van der Waals surface area contributed by atoms with E-state index in [2.05, 4.69) is 22.1 Å². The van der Waals surface area contributed by atoms with Gasteiger partial charge in [-0.3, -0.25) is 9.78 Å². The van der Waals surface area contributed by atoms with Gasteiger partial charge < -0.3 is 20.7 Å². The molecule has 6 nitrogen and oxygen atoms in total. The van der Waals surface area contributed by atoms with E-state index in [1.165, 1.54) is 0 Å². The Labute approximate surface area is 185 Å². The number of halogens is 2. The maximum Gasteiger partial charge on any atom is 0.254 e. The number of fused-ring (bicyclic) bond motifs is 1. The number of nitrogens with two attached hydrogens (primary N) is 1. The van der Waals surface area contributed by atoms with Crippen molar-refractivity contribution in [2.24, 2.45) is 11.1 Å². The fourth-order valence-electron chi connectivity index (χ4n) is 5.05. The van der Waals surface area contributed by atoms with Crippen LogP contribution in [0.5, 0.6) is 0 Å². The second kappa shape index (κ2) is 7.38. The first-order chi connectivity index (χ1) is 14.4. The number of nitrogens with zero attached hydrogens (tertiary/aromatic N) is 2. The Kier molecular flexibility index (Phi) is 4.93. The molecule has 1 amide bonds. The molecule has 2 atom stereocenters. The van der Waals surface area contributed by atoms with Crippen molar-refractivity contribution in [3.8, 4) is 11.3 Å². The Morgan fingerprint density at radius 1 is 1.30 bits per heavy atom. The van der Waals surface area contributed by atoms with Gasteiger partial charge in [0.05, 0.1) is 45.9 Å². The van der Waals surface area contributed by atoms with Crippen molar-refractivity contribution < 1.29 is 9.53 Å². The number of amides is 1. The second-order valence-electron chi connectivity index (χ2n) is 8.52. The molecule has 5 rings (SSSR count). The number of nitrogens with one attached hydrogen (secondary N) is 1. The van der Waals surface area contributed by atoms with Crippen LogP contribution in [0, 0.1) is 5.41 Å². The molecule has 8 heteroatoms. The molecule has 158 valence electrons. The number of benzene rings is 1. The predicted molar refractivity (Wildman–Crippen MR) is 118 cm³/mol. The van der Waals surface area contributed by atoms with Crippen molar-refractivity contribution in [1.29, 1.82) is 0 Å². The number of hydrogen-bond acceptors (Lipinski definition) is 5. The third-order valence-corrected chi connectivity index (χ3v) is 7.79. The van der Waals surface area contributed by atoms with E-state index in [0.29, 0.717) is 33.4 Å². The standard InChI is InChI=1S/C22H24Cl2N4O2/c1-12-20(25)22(11-30-12)5-7-28(8-6-22)16-10-26-19(17-14(16)9-27-21(17)29)13-3-2-4-15(23)18(13)24/h2-4,10,12,20H,5-9,11,25H2,1H3,(H,27,29)/t12-,20+/m0/s1. The quantitative estimate of drug-likeness (QED) is 0.735. The monoisotopic (exact) mass is 446 g/mol. The molecular formula is C22H24Cl2N4O2. The van der Waals surface area contributed by atoms with Gasteiger partial charge in [-0.1, -0.05) is 35.3 Å². The Morgan fingerprint density at radius 2 is 2.07 bits per heavy atom. The highest BCUT2D eigenvalue weighted by molar-refractivity contribution is 6.43. The summed E-state index contributed by atoms with van der Waals surface area (Å²) in [6, 6.07) is 5.45. The largest absolute Gasteiger partial charge is 0.376 e. The minimum Gasteiger partial charge on any atom is -0.376 e. The summed E-state index contributed by atoms with van der Waals surface area (Å²) < 4.78 is 5.84. The highest BCUT2D eigenvalue weighted by atomic mass is 35.5. The van der Waals surface area contributed by atoms with Crippen LogP contribution in [0.25, 0.3) is 11.3 Å². The molecule has 2 saturated heterocycles. The van der Waals surface area contributed by atoms with Crippen LogP contribution in [0.2, 0.25) is 10.0 Å². The highest BCUT2D eigenvalue weighted by Crippen LogP contribution is 2.44. The molecule has 4 heterocycles. The first-order valence-electron chi connectivity index (χ1n) is 10.3. The number of piperidine rings is 1. The van der Waals surface area contributed by atoms with Gasteiger partial charge >= 0.3 is 0 Å². The molecule has 0 unspecified atom stereocenters.